The highest BCUT2D eigenvalue weighted by molar-refractivity contribution is 5.48. The molecule has 1 aromatic rings. The molecule has 4 nitrogen and oxygen atoms in total. The third-order valence-corrected chi connectivity index (χ3v) is 2.55. The van der Waals surface area contributed by atoms with E-state index in [2.05, 4.69) is 15.3 Å². The van der Waals surface area contributed by atoms with Crippen LogP contribution in [-0.4, -0.2) is 37.0 Å². The predicted octanol–water partition coefficient (Wildman–Crippen LogP) is 2.02. The van der Waals surface area contributed by atoms with Crippen LogP contribution in [0.25, 0.3) is 0 Å². The van der Waals surface area contributed by atoms with Gasteiger partial charge in [0.05, 0.1) is 24.1 Å². The fraction of sp³-hybridized carbons (Fsp3) is 0.667. The van der Waals surface area contributed by atoms with Gasteiger partial charge in [0.1, 0.15) is 5.82 Å². The Morgan fingerprint density at radius 3 is 2.56 bits per heavy atom. The minimum Gasteiger partial charge on any atom is -0.366 e. The molecule has 1 rings (SSSR count). The van der Waals surface area contributed by atoms with Crippen LogP contribution in [0.15, 0.2) is 6.20 Å². The summed E-state index contributed by atoms with van der Waals surface area (Å²) in [4.78, 5) is 10.1. The van der Waals surface area contributed by atoms with Gasteiger partial charge in [0.2, 0.25) is 0 Å². The van der Waals surface area contributed by atoms with Gasteiger partial charge in [0.25, 0.3) is 6.43 Å². The van der Waals surface area contributed by atoms with E-state index in [9.17, 15) is 8.78 Å². The number of alkyl halides is 2. The van der Waals surface area contributed by atoms with Crippen molar-refractivity contribution < 1.29 is 8.78 Å². The van der Waals surface area contributed by atoms with Crippen LogP contribution in [0.4, 0.5) is 14.5 Å². The number of rotatable bonds is 6. The normalized spacial score (nSPS) is 11.3. The predicted molar refractivity (Wildman–Crippen MR) is 68.2 cm³/mol. The van der Waals surface area contributed by atoms with E-state index in [4.69, 9.17) is 0 Å². The molecule has 0 bridgehead atoms. The first-order valence-electron chi connectivity index (χ1n) is 5.95. The van der Waals surface area contributed by atoms with Crippen LogP contribution in [-0.2, 0) is 6.54 Å². The molecule has 0 aromatic carbocycles. The van der Waals surface area contributed by atoms with E-state index in [0.717, 1.165) is 11.5 Å². The van der Waals surface area contributed by atoms with Crippen molar-refractivity contribution in [2.24, 2.45) is 0 Å². The molecule has 0 aliphatic rings. The standard InChI is InChI=1S/C12H20F2N4/c1-8(2)12-16-6-10(9(17-12)5-15-3)18(4)7-11(13)14/h6,8,11,15H,5,7H2,1-4H3. The highest BCUT2D eigenvalue weighted by atomic mass is 19.3. The van der Waals surface area contributed by atoms with Gasteiger partial charge in [-0.25, -0.2) is 18.7 Å². The minimum absolute atomic E-state index is 0.218. The Hall–Kier alpha value is -1.30. The maximum absolute atomic E-state index is 12.4. The van der Waals surface area contributed by atoms with Gasteiger partial charge in [-0.1, -0.05) is 13.8 Å². The molecule has 1 heterocycles. The number of aromatic nitrogens is 2. The average Bonchev–Trinajstić information content (AvgIpc) is 2.28. The topological polar surface area (TPSA) is 41.1 Å². The van der Waals surface area contributed by atoms with Crippen LogP contribution >= 0.6 is 0 Å². The highest BCUT2D eigenvalue weighted by Crippen LogP contribution is 2.20. The average molecular weight is 258 g/mol. The van der Waals surface area contributed by atoms with Crippen molar-refractivity contribution in [1.82, 2.24) is 15.3 Å². The zero-order chi connectivity index (χ0) is 13.7. The molecule has 0 saturated carbocycles. The van der Waals surface area contributed by atoms with Crippen molar-refractivity contribution in [3.8, 4) is 0 Å². The molecule has 0 unspecified atom stereocenters. The zero-order valence-corrected chi connectivity index (χ0v) is 11.2. The van der Waals surface area contributed by atoms with Crippen molar-refractivity contribution in [3.05, 3.63) is 17.7 Å². The second-order valence-corrected chi connectivity index (χ2v) is 4.52. The Morgan fingerprint density at radius 2 is 2.06 bits per heavy atom. The molecule has 0 atom stereocenters. The second kappa shape index (κ2) is 6.58. The summed E-state index contributed by atoms with van der Waals surface area (Å²) in [7, 11) is 3.42. The number of nitrogens with zero attached hydrogens (tertiary/aromatic N) is 3. The molecule has 0 aliphatic carbocycles. The minimum atomic E-state index is -2.37. The third-order valence-electron chi connectivity index (χ3n) is 2.55. The quantitative estimate of drug-likeness (QED) is 0.847. The SMILES string of the molecule is CNCc1nc(C(C)C)ncc1N(C)CC(F)F. The van der Waals surface area contributed by atoms with Gasteiger partial charge in [-0.15, -0.1) is 0 Å². The van der Waals surface area contributed by atoms with Crippen molar-refractivity contribution in [1.29, 1.82) is 0 Å². The second-order valence-electron chi connectivity index (χ2n) is 4.52. The Labute approximate surface area is 106 Å². The van der Waals surface area contributed by atoms with Gasteiger partial charge in [-0.05, 0) is 7.05 Å². The lowest BCUT2D eigenvalue weighted by molar-refractivity contribution is 0.156. The summed E-state index contributed by atoms with van der Waals surface area (Å²) < 4.78 is 24.8. The van der Waals surface area contributed by atoms with Gasteiger partial charge in [0.15, 0.2) is 0 Å². The molecule has 0 fully saturated rings. The number of hydrogen-bond acceptors (Lipinski definition) is 4. The Bertz CT molecular complexity index is 382. The van der Waals surface area contributed by atoms with Crippen LogP contribution in [0.2, 0.25) is 0 Å². The zero-order valence-electron chi connectivity index (χ0n) is 11.2. The lowest BCUT2D eigenvalue weighted by atomic mass is 10.2. The molecule has 0 spiro atoms. The lowest BCUT2D eigenvalue weighted by Gasteiger charge is -2.21. The maximum Gasteiger partial charge on any atom is 0.255 e. The van der Waals surface area contributed by atoms with Crippen molar-refractivity contribution >= 4 is 5.69 Å². The van der Waals surface area contributed by atoms with E-state index in [1.165, 1.54) is 4.90 Å². The summed E-state index contributed by atoms with van der Waals surface area (Å²) in [6.45, 7) is 4.22. The lowest BCUT2D eigenvalue weighted by Crippen LogP contribution is -2.27. The Balaban J connectivity index is 3.02. The fourth-order valence-corrected chi connectivity index (χ4v) is 1.63. The van der Waals surface area contributed by atoms with Crippen LogP contribution in [0, 0.1) is 0 Å². The summed E-state index contributed by atoms with van der Waals surface area (Å²) in [6, 6.07) is 0. The van der Waals surface area contributed by atoms with Crippen LogP contribution in [0.3, 0.4) is 0 Å². The highest BCUT2D eigenvalue weighted by Gasteiger charge is 2.15. The van der Waals surface area contributed by atoms with Crippen molar-refractivity contribution in [2.75, 3.05) is 25.5 Å². The van der Waals surface area contributed by atoms with Crippen molar-refractivity contribution in [2.45, 2.75) is 32.7 Å². The molecule has 1 N–H and O–H groups in total. The van der Waals surface area contributed by atoms with Gasteiger partial charge >= 0.3 is 0 Å². The van der Waals surface area contributed by atoms with E-state index in [0.29, 0.717) is 12.2 Å². The Morgan fingerprint density at radius 1 is 1.39 bits per heavy atom. The molecule has 0 aliphatic heterocycles. The van der Waals surface area contributed by atoms with E-state index >= 15 is 0 Å². The number of nitrogens with one attached hydrogen (secondary N) is 1. The third kappa shape index (κ3) is 3.87. The summed E-state index contributed by atoms with van der Waals surface area (Å²) in [5.74, 6) is 0.949. The molecule has 0 amide bonds. The van der Waals surface area contributed by atoms with E-state index in [1.807, 2.05) is 13.8 Å². The van der Waals surface area contributed by atoms with Gasteiger partial charge in [0, 0.05) is 19.5 Å². The molecular weight excluding hydrogens is 238 g/mol. The summed E-state index contributed by atoms with van der Waals surface area (Å²) in [6.07, 6.45) is -0.751. The van der Waals surface area contributed by atoms with Crippen LogP contribution < -0.4 is 10.2 Å². The van der Waals surface area contributed by atoms with Crippen LogP contribution in [0.1, 0.15) is 31.3 Å². The van der Waals surface area contributed by atoms with E-state index in [-0.39, 0.29) is 12.5 Å². The summed E-state index contributed by atoms with van der Waals surface area (Å²) in [5.41, 5.74) is 1.40. The molecule has 18 heavy (non-hydrogen) atoms. The smallest absolute Gasteiger partial charge is 0.255 e. The number of hydrogen-bond donors (Lipinski definition) is 1. The largest absolute Gasteiger partial charge is 0.366 e. The monoisotopic (exact) mass is 258 g/mol. The van der Waals surface area contributed by atoms with Gasteiger partial charge in [-0.3, -0.25) is 0 Å². The maximum atomic E-state index is 12.4. The molecule has 102 valence electrons. The van der Waals surface area contributed by atoms with Crippen molar-refractivity contribution in [3.63, 3.8) is 0 Å². The van der Waals surface area contributed by atoms with Gasteiger partial charge < -0.3 is 10.2 Å². The van der Waals surface area contributed by atoms with Crippen LogP contribution in [0.5, 0.6) is 0 Å². The molecule has 0 saturated heterocycles. The number of anilines is 1. The molecule has 0 radical (unpaired) electrons. The fourth-order valence-electron chi connectivity index (χ4n) is 1.63. The molecule has 6 heteroatoms. The van der Waals surface area contributed by atoms with Gasteiger partial charge in [-0.2, -0.15) is 0 Å². The van der Waals surface area contributed by atoms with E-state index < -0.39 is 6.43 Å². The first-order valence-corrected chi connectivity index (χ1v) is 5.95. The van der Waals surface area contributed by atoms with E-state index in [1.54, 1.807) is 20.3 Å². The summed E-state index contributed by atoms with van der Waals surface area (Å²) >= 11 is 0. The first kappa shape index (κ1) is 14.8. The molecular formula is C12H20F2N4. The summed E-state index contributed by atoms with van der Waals surface area (Å²) in [5, 5.41) is 2.99. The first-order chi connectivity index (χ1) is 8.45. The molecule has 1 aromatic heterocycles. The Kier molecular flexibility index (Phi) is 5.40. The number of halogens is 2.